The van der Waals surface area contributed by atoms with Crippen LogP contribution in [0.2, 0.25) is 0 Å². The average molecular weight is 398 g/mol. The molecule has 0 aromatic carbocycles. The summed E-state index contributed by atoms with van der Waals surface area (Å²) >= 11 is 0. The molecule has 0 aromatic heterocycles. The van der Waals surface area contributed by atoms with Crippen molar-refractivity contribution in [3.63, 3.8) is 0 Å². The Morgan fingerprint density at radius 1 is 0.286 bits per heavy atom. The average Bonchev–Trinajstić information content (AvgIpc) is 0. The zero-order valence-electron chi connectivity index (χ0n) is 2.71. The fourth-order valence-electron chi connectivity index (χ4n) is 0. The smallest absolute Gasteiger partial charge is 0 e. The third kappa shape index (κ3) is 38.8. The van der Waals surface area contributed by atoms with Crippen molar-refractivity contribution in [3.8, 4) is 0 Å². The molecule has 0 aliphatic heterocycles. The van der Waals surface area contributed by atoms with Crippen molar-refractivity contribution in [3.05, 3.63) is 0 Å². The maximum atomic E-state index is 0. The first-order valence-electron chi connectivity index (χ1n) is 0. The molecule has 0 atom stereocenters. The van der Waals surface area contributed by atoms with E-state index in [1.807, 2.05) is 0 Å². The Kier molecular flexibility index (Phi) is 459. The van der Waals surface area contributed by atoms with Gasteiger partial charge in [-0.1, -0.05) is 0 Å². The van der Waals surface area contributed by atoms with Crippen LogP contribution in [0.25, 0.3) is 0 Å². The topological polar surface area (TPSA) is 0 Å². The summed E-state index contributed by atoms with van der Waals surface area (Å²) in [5.41, 5.74) is 0. The number of hydrogen-bond acceptors (Lipinski definition) is 0. The molecule has 0 saturated heterocycles. The summed E-state index contributed by atoms with van der Waals surface area (Å²) < 4.78 is 0. The molecule has 0 heterocycles. The van der Waals surface area contributed by atoms with Crippen LogP contribution in [-0.2, 0) is 133 Å². The summed E-state index contributed by atoms with van der Waals surface area (Å²) in [5, 5.41) is 0. The van der Waals surface area contributed by atoms with Crippen molar-refractivity contribution in [2.45, 2.75) is 0 Å². The molecule has 0 aliphatic carbocycles. The second-order valence-electron chi connectivity index (χ2n) is 0. The van der Waals surface area contributed by atoms with E-state index in [4.69, 9.17) is 0 Å². The molecule has 0 spiro atoms. The van der Waals surface area contributed by atoms with Gasteiger partial charge in [0.25, 0.3) is 0 Å². The van der Waals surface area contributed by atoms with Crippen molar-refractivity contribution in [2.24, 2.45) is 0 Å². The van der Waals surface area contributed by atoms with Crippen molar-refractivity contribution in [2.75, 3.05) is 0 Å². The van der Waals surface area contributed by atoms with Gasteiger partial charge in [-0.3, -0.25) is 0 Å². The normalized spacial score (nSPS) is 0. The van der Waals surface area contributed by atoms with Crippen LogP contribution in [-0.4, -0.2) is 0 Å². The molecule has 0 aliphatic rings. The molecular formula is Cu4Ti3. The molecule has 56 valence electrons. The van der Waals surface area contributed by atoms with Gasteiger partial charge in [-0.05, 0) is 0 Å². The number of hydrogen-bond donors (Lipinski definition) is 0. The second-order valence-corrected chi connectivity index (χ2v) is 0. The molecule has 4 radical (unpaired) electrons. The van der Waals surface area contributed by atoms with Crippen LogP contribution in [0, 0.1) is 0 Å². The Labute approximate surface area is 131 Å². The fourth-order valence-corrected chi connectivity index (χ4v) is 0. The summed E-state index contributed by atoms with van der Waals surface area (Å²) in [6.07, 6.45) is 0. The molecule has 0 rings (SSSR count). The van der Waals surface area contributed by atoms with Gasteiger partial charge in [0.2, 0.25) is 0 Å². The fraction of sp³-hybridized carbons (Fsp3) is 0. The van der Waals surface area contributed by atoms with Crippen LogP contribution >= 0.6 is 0 Å². The van der Waals surface area contributed by atoms with E-state index in [-0.39, 0.29) is 133 Å². The molecule has 0 unspecified atom stereocenters. The van der Waals surface area contributed by atoms with Crippen molar-refractivity contribution < 1.29 is 133 Å². The van der Waals surface area contributed by atoms with E-state index in [2.05, 4.69) is 0 Å². The molecule has 0 bridgehead atoms. The van der Waals surface area contributed by atoms with Crippen LogP contribution in [0.3, 0.4) is 0 Å². The molecule has 0 amide bonds. The minimum absolute atomic E-state index is 0. The molecule has 0 saturated carbocycles. The maximum Gasteiger partial charge on any atom is 0 e. The Bertz CT molecular complexity index is 6.90. The summed E-state index contributed by atoms with van der Waals surface area (Å²) in [4.78, 5) is 0. The first kappa shape index (κ1) is 65.8. The van der Waals surface area contributed by atoms with Crippen LogP contribution in [0.4, 0.5) is 0 Å². The molecule has 0 fully saturated rings. The molecule has 0 nitrogen and oxygen atoms in total. The van der Waals surface area contributed by atoms with Crippen molar-refractivity contribution >= 4 is 0 Å². The van der Waals surface area contributed by atoms with Crippen LogP contribution in [0.5, 0.6) is 0 Å². The minimum Gasteiger partial charge on any atom is 0 e. The van der Waals surface area contributed by atoms with Crippen molar-refractivity contribution in [1.29, 1.82) is 0 Å². The quantitative estimate of drug-likeness (QED) is 0.504. The molecular weight excluding hydrogens is 398 g/mol. The predicted molar refractivity (Wildman–Crippen MR) is 0 cm³/mol. The van der Waals surface area contributed by atoms with Gasteiger partial charge >= 0.3 is 0 Å². The van der Waals surface area contributed by atoms with Crippen LogP contribution in [0.1, 0.15) is 0 Å². The third-order valence-corrected chi connectivity index (χ3v) is 0. The Hall–Kier alpha value is 4.22. The van der Waals surface area contributed by atoms with Crippen molar-refractivity contribution in [1.82, 2.24) is 0 Å². The first-order valence-corrected chi connectivity index (χ1v) is 0. The molecule has 7 heteroatoms. The summed E-state index contributed by atoms with van der Waals surface area (Å²) in [7, 11) is 0. The Morgan fingerprint density at radius 3 is 0.286 bits per heavy atom. The largest absolute Gasteiger partial charge is 0 e. The van der Waals surface area contributed by atoms with E-state index in [1.165, 1.54) is 0 Å². The predicted octanol–water partition coefficient (Wildman–Crippen LogP) is -0.0175. The van der Waals surface area contributed by atoms with Gasteiger partial charge in [0.1, 0.15) is 0 Å². The summed E-state index contributed by atoms with van der Waals surface area (Å²) in [5.74, 6) is 0. The minimum atomic E-state index is 0. The van der Waals surface area contributed by atoms with Gasteiger partial charge in [-0.2, -0.15) is 0 Å². The molecule has 0 N–H and O–H groups in total. The maximum absolute atomic E-state index is 0. The van der Waals surface area contributed by atoms with Gasteiger partial charge in [0, 0.05) is 133 Å². The Balaban J connectivity index is 0. The number of rotatable bonds is 0. The zero-order chi connectivity index (χ0) is 0. The monoisotopic (exact) mass is 396 g/mol. The van der Waals surface area contributed by atoms with Gasteiger partial charge < -0.3 is 0 Å². The molecule has 7 heavy (non-hydrogen) atoms. The van der Waals surface area contributed by atoms with Gasteiger partial charge in [0.05, 0.1) is 0 Å². The van der Waals surface area contributed by atoms with Crippen LogP contribution < -0.4 is 0 Å². The zero-order valence-corrected chi connectivity index (χ0v) is 11.2. The second kappa shape index (κ2) is 48.8. The van der Waals surface area contributed by atoms with E-state index in [0.29, 0.717) is 0 Å². The standard InChI is InChI=1S/4Cu.3Ti. The summed E-state index contributed by atoms with van der Waals surface area (Å²) in [6, 6.07) is 0. The van der Waals surface area contributed by atoms with E-state index < -0.39 is 0 Å². The summed E-state index contributed by atoms with van der Waals surface area (Å²) in [6.45, 7) is 0. The Morgan fingerprint density at radius 2 is 0.286 bits per heavy atom. The van der Waals surface area contributed by atoms with E-state index >= 15 is 0 Å². The van der Waals surface area contributed by atoms with Crippen LogP contribution in [0.15, 0.2) is 0 Å². The van der Waals surface area contributed by atoms with E-state index in [1.54, 1.807) is 0 Å². The SMILES string of the molecule is [Cu].[Cu].[Cu].[Cu].[Ti].[Ti].[Ti]. The van der Waals surface area contributed by atoms with E-state index in [0.717, 1.165) is 0 Å². The van der Waals surface area contributed by atoms with Gasteiger partial charge in [-0.15, -0.1) is 0 Å². The van der Waals surface area contributed by atoms with Gasteiger partial charge in [-0.25, -0.2) is 0 Å². The first-order chi connectivity index (χ1) is 0. The molecule has 0 aromatic rings. The van der Waals surface area contributed by atoms with E-state index in [9.17, 15) is 0 Å². The van der Waals surface area contributed by atoms with Gasteiger partial charge in [0.15, 0.2) is 0 Å². The third-order valence-electron chi connectivity index (χ3n) is 0.